The third-order valence-electron chi connectivity index (χ3n) is 4.53. The summed E-state index contributed by atoms with van der Waals surface area (Å²) in [5.74, 6) is 1.80. The van der Waals surface area contributed by atoms with Crippen LogP contribution in [0.5, 0.6) is 5.75 Å². The van der Waals surface area contributed by atoms with Gasteiger partial charge < -0.3 is 14.0 Å². The minimum absolute atomic E-state index is 0.715. The zero-order chi connectivity index (χ0) is 18.7. The first-order valence-electron chi connectivity index (χ1n) is 8.73. The lowest BCUT2D eigenvalue weighted by atomic mass is 10.0. The van der Waals surface area contributed by atoms with Crippen LogP contribution in [-0.4, -0.2) is 17.4 Å². The fraction of sp³-hybridized carbons (Fsp3) is 0.286. The summed E-state index contributed by atoms with van der Waals surface area (Å²) in [4.78, 5) is 0. The Morgan fingerprint density at radius 2 is 2.00 bits per heavy atom. The van der Waals surface area contributed by atoms with Crippen molar-refractivity contribution in [1.82, 2.24) is 4.57 Å². The second-order valence-corrected chi connectivity index (χ2v) is 7.10. The van der Waals surface area contributed by atoms with Gasteiger partial charge in [0.1, 0.15) is 11.8 Å². The quantitative estimate of drug-likeness (QED) is 0.578. The van der Waals surface area contributed by atoms with Crippen LogP contribution in [0, 0.1) is 18.3 Å². The predicted molar refractivity (Wildman–Crippen MR) is 111 cm³/mol. The fourth-order valence-electron chi connectivity index (χ4n) is 3.27. The fourth-order valence-corrected chi connectivity index (χ4v) is 3.80. The molecule has 0 bridgehead atoms. The molecule has 0 aliphatic rings. The molecular formula is C21H23N3OS. The molecule has 2 aromatic carbocycles. The van der Waals surface area contributed by atoms with Crippen molar-refractivity contribution in [1.29, 1.82) is 5.26 Å². The van der Waals surface area contributed by atoms with E-state index in [4.69, 9.17) is 4.74 Å². The van der Waals surface area contributed by atoms with Gasteiger partial charge in [-0.15, -0.1) is 0 Å². The Balaban J connectivity index is 2.21. The molecule has 0 saturated carbocycles. The third-order valence-corrected chi connectivity index (χ3v) is 5.18. The van der Waals surface area contributed by atoms with Crippen molar-refractivity contribution in [2.24, 2.45) is 0 Å². The molecule has 3 rings (SSSR count). The number of benzene rings is 2. The van der Waals surface area contributed by atoms with Gasteiger partial charge in [0.05, 0.1) is 23.9 Å². The van der Waals surface area contributed by atoms with Crippen LogP contribution in [0.2, 0.25) is 0 Å². The van der Waals surface area contributed by atoms with Crippen molar-refractivity contribution in [3.63, 3.8) is 0 Å². The molecule has 1 N–H and O–H groups in total. The van der Waals surface area contributed by atoms with E-state index in [1.807, 2.05) is 18.2 Å². The third kappa shape index (κ3) is 3.13. The van der Waals surface area contributed by atoms with Crippen molar-refractivity contribution in [3.8, 4) is 23.1 Å². The summed E-state index contributed by atoms with van der Waals surface area (Å²) in [5.41, 5.74) is 6.05. The summed E-state index contributed by atoms with van der Waals surface area (Å²) in [6, 6.07) is 14.6. The molecule has 0 amide bonds. The van der Waals surface area contributed by atoms with Crippen molar-refractivity contribution in [3.05, 3.63) is 47.5 Å². The predicted octanol–water partition coefficient (Wildman–Crippen LogP) is 5.60. The Hall–Kier alpha value is -2.58. The van der Waals surface area contributed by atoms with Crippen LogP contribution < -0.4 is 9.46 Å². The lowest BCUT2D eigenvalue weighted by molar-refractivity contribution is 0.415. The molecule has 3 aromatic rings. The largest absolute Gasteiger partial charge is 0.497 e. The smallest absolute Gasteiger partial charge is 0.120 e. The monoisotopic (exact) mass is 365 g/mol. The van der Waals surface area contributed by atoms with E-state index in [9.17, 15) is 5.26 Å². The Kier molecular flexibility index (Phi) is 5.43. The number of rotatable bonds is 6. The molecular weight excluding hydrogens is 342 g/mol. The van der Waals surface area contributed by atoms with Gasteiger partial charge in [0.2, 0.25) is 0 Å². The first kappa shape index (κ1) is 18.2. The van der Waals surface area contributed by atoms with E-state index < -0.39 is 0 Å². The van der Waals surface area contributed by atoms with Crippen LogP contribution in [0.15, 0.2) is 36.4 Å². The second kappa shape index (κ2) is 7.76. The van der Waals surface area contributed by atoms with Gasteiger partial charge in [-0.1, -0.05) is 24.9 Å². The molecule has 0 spiro atoms. The van der Waals surface area contributed by atoms with Crippen molar-refractivity contribution >= 4 is 28.5 Å². The van der Waals surface area contributed by atoms with Crippen molar-refractivity contribution < 1.29 is 4.74 Å². The zero-order valence-corrected chi connectivity index (χ0v) is 16.4. The highest BCUT2D eigenvalue weighted by Gasteiger charge is 2.19. The lowest BCUT2D eigenvalue weighted by Gasteiger charge is -2.12. The molecule has 1 aromatic heterocycles. The Bertz CT molecular complexity index is 985. The molecule has 26 heavy (non-hydrogen) atoms. The summed E-state index contributed by atoms with van der Waals surface area (Å²) < 4.78 is 10.9. The number of hydrogen-bond acceptors (Lipinski definition) is 4. The van der Waals surface area contributed by atoms with E-state index in [2.05, 4.69) is 54.3 Å². The number of ether oxygens (including phenoxy) is 1. The van der Waals surface area contributed by atoms with Gasteiger partial charge in [0, 0.05) is 29.4 Å². The Morgan fingerprint density at radius 1 is 1.19 bits per heavy atom. The van der Waals surface area contributed by atoms with Gasteiger partial charge in [-0.05, 0) is 49.2 Å². The molecule has 0 aliphatic carbocycles. The lowest BCUT2D eigenvalue weighted by Crippen LogP contribution is -1.99. The number of hydrogen-bond donors (Lipinski definition) is 1. The standard InChI is InChI=1S/C21H23N3OS/c1-5-24-20-12-16(25-4)8-9-17(20)18(13-22)21(24)15-7-10-19(14(3)11-15)23-26-6-2/h7-12,23H,5-6H2,1-4H3. The van der Waals surface area contributed by atoms with Crippen LogP contribution >= 0.6 is 11.9 Å². The molecule has 4 nitrogen and oxygen atoms in total. The van der Waals surface area contributed by atoms with Crippen LogP contribution in [-0.2, 0) is 6.54 Å². The van der Waals surface area contributed by atoms with E-state index in [0.29, 0.717) is 5.56 Å². The van der Waals surface area contributed by atoms with Crippen LogP contribution in [0.3, 0.4) is 0 Å². The van der Waals surface area contributed by atoms with E-state index >= 15 is 0 Å². The summed E-state index contributed by atoms with van der Waals surface area (Å²) in [5, 5.41) is 10.8. The molecule has 0 saturated heterocycles. The van der Waals surface area contributed by atoms with Crippen LogP contribution in [0.1, 0.15) is 25.0 Å². The number of nitrogens with zero attached hydrogens (tertiary/aromatic N) is 2. The first-order valence-corrected chi connectivity index (χ1v) is 9.72. The average Bonchev–Trinajstić information content (AvgIpc) is 2.99. The van der Waals surface area contributed by atoms with Gasteiger partial charge >= 0.3 is 0 Å². The van der Waals surface area contributed by atoms with E-state index in [-0.39, 0.29) is 0 Å². The van der Waals surface area contributed by atoms with Crippen LogP contribution in [0.4, 0.5) is 5.69 Å². The van der Waals surface area contributed by atoms with E-state index in [0.717, 1.165) is 51.5 Å². The Labute approximate surface area is 158 Å². The molecule has 1 heterocycles. The average molecular weight is 366 g/mol. The Morgan fingerprint density at radius 3 is 2.62 bits per heavy atom. The summed E-state index contributed by atoms with van der Waals surface area (Å²) >= 11 is 1.68. The maximum atomic E-state index is 9.84. The molecule has 0 atom stereocenters. The molecule has 0 radical (unpaired) electrons. The number of aromatic nitrogens is 1. The van der Waals surface area contributed by atoms with Gasteiger partial charge in [0.25, 0.3) is 0 Å². The SMILES string of the molecule is CCSNc1ccc(-c2c(C#N)c3ccc(OC)cc3n2CC)cc1C. The number of nitriles is 1. The number of nitrogens with one attached hydrogen (secondary N) is 1. The van der Waals surface area contributed by atoms with Gasteiger partial charge in [-0.3, -0.25) is 0 Å². The number of methoxy groups -OCH3 is 1. The topological polar surface area (TPSA) is 50.0 Å². The first-order chi connectivity index (χ1) is 12.6. The number of fused-ring (bicyclic) bond motifs is 1. The summed E-state index contributed by atoms with van der Waals surface area (Å²) in [6.45, 7) is 7.10. The van der Waals surface area contributed by atoms with Crippen LogP contribution in [0.25, 0.3) is 22.2 Å². The summed E-state index contributed by atoms with van der Waals surface area (Å²) in [7, 11) is 1.66. The molecule has 0 aliphatic heterocycles. The highest BCUT2D eigenvalue weighted by Crippen LogP contribution is 2.36. The zero-order valence-electron chi connectivity index (χ0n) is 15.6. The summed E-state index contributed by atoms with van der Waals surface area (Å²) in [6.07, 6.45) is 0. The number of aryl methyl sites for hydroxylation is 2. The number of anilines is 1. The molecule has 0 unspecified atom stereocenters. The van der Waals surface area contributed by atoms with Crippen molar-refractivity contribution in [2.45, 2.75) is 27.3 Å². The van der Waals surface area contributed by atoms with Crippen molar-refractivity contribution in [2.75, 3.05) is 17.6 Å². The molecule has 134 valence electrons. The van der Waals surface area contributed by atoms with Gasteiger partial charge in [0.15, 0.2) is 0 Å². The van der Waals surface area contributed by atoms with E-state index in [1.54, 1.807) is 19.1 Å². The molecule has 0 fully saturated rings. The maximum absolute atomic E-state index is 9.84. The highest BCUT2D eigenvalue weighted by molar-refractivity contribution is 8.00. The minimum atomic E-state index is 0.715. The maximum Gasteiger partial charge on any atom is 0.120 e. The minimum Gasteiger partial charge on any atom is -0.497 e. The van der Waals surface area contributed by atoms with Gasteiger partial charge in [-0.2, -0.15) is 5.26 Å². The normalized spacial score (nSPS) is 10.7. The van der Waals surface area contributed by atoms with E-state index in [1.165, 1.54) is 0 Å². The van der Waals surface area contributed by atoms with Gasteiger partial charge in [-0.25, -0.2) is 0 Å². The molecule has 5 heteroatoms. The second-order valence-electron chi connectivity index (χ2n) is 6.03. The highest BCUT2D eigenvalue weighted by atomic mass is 32.2.